The molecule has 0 bridgehead atoms. The zero-order valence-electron chi connectivity index (χ0n) is 7.73. The van der Waals surface area contributed by atoms with E-state index in [9.17, 15) is 4.79 Å². The van der Waals surface area contributed by atoms with Crippen molar-refractivity contribution in [2.45, 2.75) is 13.3 Å². The lowest BCUT2D eigenvalue weighted by atomic mass is 10.1. The Kier molecular flexibility index (Phi) is 3.89. The van der Waals surface area contributed by atoms with Crippen LogP contribution in [0.1, 0.15) is 18.9 Å². The summed E-state index contributed by atoms with van der Waals surface area (Å²) in [7, 11) is 0. The molecule has 1 aromatic carbocycles. The van der Waals surface area contributed by atoms with Crippen LogP contribution >= 0.6 is 0 Å². The fourth-order valence-corrected chi connectivity index (χ4v) is 1.06. The third-order valence-electron chi connectivity index (χ3n) is 1.79. The van der Waals surface area contributed by atoms with Crippen molar-refractivity contribution in [1.29, 1.82) is 0 Å². The van der Waals surface area contributed by atoms with Crippen molar-refractivity contribution in [2.75, 3.05) is 6.54 Å². The molecule has 0 heterocycles. The van der Waals surface area contributed by atoms with Gasteiger partial charge in [-0.05, 0) is 12.5 Å². The summed E-state index contributed by atoms with van der Waals surface area (Å²) >= 11 is 0. The van der Waals surface area contributed by atoms with Crippen molar-refractivity contribution in [3.63, 3.8) is 0 Å². The van der Waals surface area contributed by atoms with E-state index in [1.807, 2.05) is 37.3 Å². The zero-order valence-corrected chi connectivity index (χ0v) is 7.73. The topological polar surface area (TPSA) is 29.4 Å². The van der Waals surface area contributed by atoms with Gasteiger partial charge in [0.05, 0.1) is 0 Å². The van der Waals surface area contributed by atoms with Gasteiger partial charge in [0, 0.05) is 18.7 Å². The third kappa shape index (κ3) is 3.20. The van der Waals surface area contributed by atoms with E-state index in [1.54, 1.807) is 0 Å². The predicted molar refractivity (Wildman–Crippen MR) is 54.2 cm³/mol. The van der Waals surface area contributed by atoms with Gasteiger partial charge >= 0.3 is 0 Å². The third-order valence-corrected chi connectivity index (χ3v) is 1.79. The highest BCUT2D eigenvalue weighted by molar-refractivity contribution is 5.98. The highest BCUT2D eigenvalue weighted by Gasteiger charge is 1.93. The van der Waals surface area contributed by atoms with Gasteiger partial charge in [-0.25, -0.2) is 0 Å². The van der Waals surface area contributed by atoms with E-state index in [2.05, 4.69) is 4.99 Å². The van der Waals surface area contributed by atoms with Gasteiger partial charge in [-0.15, -0.1) is 0 Å². The molecule has 0 aliphatic carbocycles. The van der Waals surface area contributed by atoms with Crippen LogP contribution in [0, 0.1) is 0 Å². The quantitative estimate of drug-likeness (QED) is 0.391. The average Bonchev–Trinajstić information content (AvgIpc) is 2.19. The van der Waals surface area contributed by atoms with E-state index >= 15 is 0 Å². The molecule has 13 heavy (non-hydrogen) atoms. The maximum absolute atomic E-state index is 10.1. The van der Waals surface area contributed by atoms with Gasteiger partial charge in [-0.1, -0.05) is 30.3 Å². The largest absolute Gasteiger partial charge is 0.303 e. The molecule has 0 aliphatic rings. The van der Waals surface area contributed by atoms with Gasteiger partial charge in [0.25, 0.3) is 0 Å². The lowest BCUT2D eigenvalue weighted by Gasteiger charge is -1.98. The first-order valence-electron chi connectivity index (χ1n) is 4.34. The van der Waals surface area contributed by atoms with Crippen LogP contribution in [-0.2, 0) is 4.79 Å². The standard InChI is InChI=1S/C11H13NO/c1-10(12-8-5-9-13)11-6-3-2-4-7-11/h2-4,6-7,9H,5,8H2,1H3. The molecule has 0 amide bonds. The Morgan fingerprint density at radius 2 is 2.08 bits per heavy atom. The summed E-state index contributed by atoms with van der Waals surface area (Å²) in [5.74, 6) is 0. The molecule has 0 radical (unpaired) electrons. The van der Waals surface area contributed by atoms with Crippen LogP contribution in [0.3, 0.4) is 0 Å². The number of carbonyl (C=O) groups is 1. The number of rotatable bonds is 4. The monoisotopic (exact) mass is 175 g/mol. The van der Waals surface area contributed by atoms with Crippen LogP contribution in [0.2, 0.25) is 0 Å². The first-order valence-corrected chi connectivity index (χ1v) is 4.34. The minimum Gasteiger partial charge on any atom is -0.303 e. The summed E-state index contributed by atoms with van der Waals surface area (Å²) in [4.78, 5) is 14.3. The van der Waals surface area contributed by atoms with E-state index in [1.165, 1.54) is 0 Å². The van der Waals surface area contributed by atoms with Gasteiger partial charge in [0.1, 0.15) is 6.29 Å². The molecule has 1 aromatic rings. The normalized spacial score (nSPS) is 11.3. The molecule has 0 N–H and O–H groups in total. The SMILES string of the molecule is CC(=NCCC=O)c1ccccc1. The molecule has 0 aromatic heterocycles. The Balaban J connectivity index is 2.62. The number of carbonyl (C=O) groups excluding carboxylic acids is 1. The number of hydrogen-bond donors (Lipinski definition) is 0. The number of nitrogens with zero attached hydrogens (tertiary/aromatic N) is 1. The summed E-state index contributed by atoms with van der Waals surface area (Å²) in [5, 5.41) is 0. The predicted octanol–water partition coefficient (Wildman–Crippen LogP) is 2.08. The Labute approximate surface area is 78.3 Å². The van der Waals surface area contributed by atoms with Gasteiger partial charge in [-0.3, -0.25) is 4.99 Å². The van der Waals surface area contributed by atoms with Crippen LogP contribution in [0.4, 0.5) is 0 Å². The van der Waals surface area contributed by atoms with Crippen molar-refractivity contribution in [3.05, 3.63) is 35.9 Å². The Morgan fingerprint density at radius 1 is 1.38 bits per heavy atom. The molecule has 0 saturated heterocycles. The molecule has 2 nitrogen and oxygen atoms in total. The van der Waals surface area contributed by atoms with Gasteiger partial charge in [0.2, 0.25) is 0 Å². The number of aliphatic imine (C=N–C) groups is 1. The van der Waals surface area contributed by atoms with Crippen LogP contribution in [0.15, 0.2) is 35.3 Å². The maximum Gasteiger partial charge on any atom is 0.121 e. The van der Waals surface area contributed by atoms with E-state index in [0.29, 0.717) is 13.0 Å². The first-order chi connectivity index (χ1) is 6.34. The number of benzene rings is 1. The maximum atomic E-state index is 10.1. The second-order valence-electron chi connectivity index (χ2n) is 2.79. The second-order valence-corrected chi connectivity index (χ2v) is 2.79. The van der Waals surface area contributed by atoms with Crippen molar-refractivity contribution >= 4 is 12.0 Å². The van der Waals surface area contributed by atoms with E-state index < -0.39 is 0 Å². The summed E-state index contributed by atoms with van der Waals surface area (Å²) in [6.45, 7) is 2.55. The Morgan fingerprint density at radius 3 is 2.69 bits per heavy atom. The lowest BCUT2D eigenvalue weighted by molar-refractivity contribution is -0.107. The zero-order chi connectivity index (χ0) is 9.52. The summed E-state index contributed by atoms with van der Waals surface area (Å²) in [6, 6.07) is 9.96. The molecule has 68 valence electrons. The molecule has 0 spiro atoms. The number of aldehydes is 1. The molecule has 0 aliphatic heterocycles. The minimum absolute atomic E-state index is 0.504. The summed E-state index contributed by atoms with van der Waals surface area (Å²) < 4.78 is 0. The van der Waals surface area contributed by atoms with Gasteiger partial charge < -0.3 is 4.79 Å². The molecule has 0 fully saturated rings. The molecular weight excluding hydrogens is 162 g/mol. The second kappa shape index (κ2) is 5.25. The fraction of sp³-hybridized carbons (Fsp3) is 0.273. The van der Waals surface area contributed by atoms with Crippen LogP contribution in [0.5, 0.6) is 0 Å². The number of hydrogen-bond acceptors (Lipinski definition) is 2. The fourth-order valence-electron chi connectivity index (χ4n) is 1.06. The molecule has 2 heteroatoms. The lowest BCUT2D eigenvalue weighted by Crippen LogP contribution is -1.96. The van der Waals surface area contributed by atoms with E-state index in [4.69, 9.17) is 0 Å². The minimum atomic E-state index is 0.504. The van der Waals surface area contributed by atoms with E-state index in [-0.39, 0.29) is 0 Å². The van der Waals surface area contributed by atoms with Crippen molar-refractivity contribution in [2.24, 2.45) is 4.99 Å². The smallest absolute Gasteiger partial charge is 0.121 e. The van der Waals surface area contributed by atoms with Crippen LogP contribution in [-0.4, -0.2) is 18.5 Å². The van der Waals surface area contributed by atoms with E-state index in [0.717, 1.165) is 17.6 Å². The Hall–Kier alpha value is -1.44. The molecule has 0 unspecified atom stereocenters. The molecular formula is C11H13NO. The van der Waals surface area contributed by atoms with Crippen LogP contribution in [0.25, 0.3) is 0 Å². The molecule has 1 rings (SSSR count). The van der Waals surface area contributed by atoms with Crippen LogP contribution < -0.4 is 0 Å². The van der Waals surface area contributed by atoms with Crippen molar-refractivity contribution < 1.29 is 4.79 Å². The summed E-state index contributed by atoms with van der Waals surface area (Å²) in [5.41, 5.74) is 2.11. The van der Waals surface area contributed by atoms with Gasteiger partial charge in [0.15, 0.2) is 0 Å². The highest BCUT2D eigenvalue weighted by Crippen LogP contribution is 2.00. The van der Waals surface area contributed by atoms with Gasteiger partial charge in [-0.2, -0.15) is 0 Å². The molecule has 0 atom stereocenters. The highest BCUT2D eigenvalue weighted by atomic mass is 16.1. The summed E-state index contributed by atoms with van der Waals surface area (Å²) in [6.07, 6.45) is 1.39. The molecule has 0 saturated carbocycles. The average molecular weight is 175 g/mol. The first kappa shape index (κ1) is 9.65. The Bertz CT molecular complexity index is 290. The van der Waals surface area contributed by atoms with Crippen molar-refractivity contribution in [1.82, 2.24) is 0 Å². The van der Waals surface area contributed by atoms with Crippen molar-refractivity contribution in [3.8, 4) is 0 Å².